The van der Waals surface area contributed by atoms with E-state index < -0.39 is 58.4 Å². The number of ether oxygens (including phenoxy) is 2. The molecule has 4 rings (SSSR count). The van der Waals surface area contributed by atoms with Crippen LogP contribution >= 0.6 is 0 Å². The molecule has 0 aromatic heterocycles. The van der Waals surface area contributed by atoms with Crippen LogP contribution in [0, 0.1) is 41.9 Å². The van der Waals surface area contributed by atoms with Crippen molar-refractivity contribution in [2.24, 2.45) is 5.92 Å². The van der Waals surface area contributed by atoms with E-state index in [2.05, 4.69) is 11.7 Å². The lowest BCUT2D eigenvalue weighted by atomic mass is 9.76. The zero-order valence-corrected chi connectivity index (χ0v) is 21.9. The topological polar surface area (TPSA) is 18.5 Å². The van der Waals surface area contributed by atoms with Gasteiger partial charge in [0.15, 0.2) is 34.8 Å². The molecule has 3 aromatic rings. The van der Waals surface area contributed by atoms with Crippen molar-refractivity contribution in [3.8, 4) is 28.4 Å². The van der Waals surface area contributed by atoms with Crippen LogP contribution in [-0.4, -0.2) is 6.36 Å². The fraction of sp³-hybridized carbons (Fsp3) is 0.400. The molecule has 1 fully saturated rings. The number of benzene rings is 3. The molecular formula is C30H28F8O2. The summed E-state index contributed by atoms with van der Waals surface area (Å²) in [6.07, 6.45) is 0.352. The molecule has 0 unspecified atom stereocenters. The summed E-state index contributed by atoms with van der Waals surface area (Å²) in [5, 5.41) is 0. The SMILES string of the molecule is CCCCC1CCC(c2c(F)c(F)c(C)c(F)c2Oc2ccccc2-c2cc(F)c(OC(F)(F)F)c(F)c2)CC1. The van der Waals surface area contributed by atoms with Crippen molar-refractivity contribution in [3.05, 3.63) is 76.6 Å². The van der Waals surface area contributed by atoms with Crippen molar-refractivity contribution in [1.82, 2.24) is 0 Å². The molecule has 1 aliphatic rings. The molecule has 0 amide bonds. The normalized spacial score (nSPS) is 17.6. The summed E-state index contributed by atoms with van der Waals surface area (Å²) in [6.45, 7) is 3.16. The Hall–Kier alpha value is -3.30. The van der Waals surface area contributed by atoms with Crippen molar-refractivity contribution in [1.29, 1.82) is 0 Å². The quantitative estimate of drug-likeness (QED) is 0.198. The molecule has 0 atom stereocenters. The van der Waals surface area contributed by atoms with Gasteiger partial charge in [-0.15, -0.1) is 13.2 Å². The molecule has 1 aliphatic carbocycles. The molecule has 10 heteroatoms. The minimum absolute atomic E-state index is 0.0186. The van der Waals surface area contributed by atoms with Gasteiger partial charge in [0, 0.05) is 16.7 Å². The van der Waals surface area contributed by atoms with Crippen molar-refractivity contribution < 1.29 is 44.6 Å². The molecule has 1 saturated carbocycles. The molecule has 0 saturated heterocycles. The molecule has 40 heavy (non-hydrogen) atoms. The van der Waals surface area contributed by atoms with Gasteiger partial charge in [-0.2, -0.15) is 0 Å². The average Bonchev–Trinajstić information content (AvgIpc) is 2.91. The zero-order chi connectivity index (χ0) is 29.2. The number of para-hydroxylation sites is 1. The lowest BCUT2D eigenvalue weighted by molar-refractivity contribution is -0.276. The molecule has 0 N–H and O–H groups in total. The van der Waals surface area contributed by atoms with Crippen molar-refractivity contribution in [2.45, 2.75) is 71.1 Å². The second kappa shape index (κ2) is 12.1. The largest absolute Gasteiger partial charge is 0.573 e. The maximum Gasteiger partial charge on any atom is 0.573 e. The average molecular weight is 573 g/mol. The smallest absolute Gasteiger partial charge is 0.453 e. The van der Waals surface area contributed by atoms with E-state index in [9.17, 15) is 26.3 Å². The summed E-state index contributed by atoms with van der Waals surface area (Å²) in [5.41, 5.74) is -1.08. The molecular weight excluding hydrogens is 544 g/mol. The molecule has 216 valence electrons. The summed E-state index contributed by atoms with van der Waals surface area (Å²) in [7, 11) is 0. The number of rotatable bonds is 8. The first-order valence-corrected chi connectivity index (χ1v) is 13.1. The van der Waals surface area contributed by atoms with E-state index in [4.69, 9.17) is 4.74 Å². The van der Waals surface area contributed by atoms with E-state index >= 15 is 8.78 Å². The lowest BCUT2D eigenvalue weighted by Gasteiger charge is -2.30. The van der Waals surface area contributed by atoms with Crippen LogP contribution in [0.4, 0.5) is 35.1 Å². The van der Waals surface area contributed by atoms with Crippen molar-refractivity contribution >= 4 is 0 Å². The van der Waals surface area contributed by atoms with E-state index in [0.29, 0.717) is 30.9 Å². The van der Waals surface area contributed by atoms with Gasteiger partial charge in [-0.3, -0.25) is 0 Å². The van der Waals surface area contributed by atoms with Gasteiger partial charge in [0.05, 0.1) is 0 Å². The summed E-state index contributed by atoms with van der Waals surface area (Å²) in [6, 6.07) is 6.82. The summed E-state index contributed by atoms with van der Waals surface area (Å²) in [4.78, 5) is 0. The van der Waals surface area contributed by atoms with Gasteiger partial charge in [0.2, 0.25) is 5.75 Å². The lowest BCUT2D eigenvalue weighted by Crippen LogP contribution is -2.19. The van der Waals surface area contributed by atoms with Crippen LogP contribution < -0.4 is 9.47 Å². The Morgan fingerprint density at radius 2 is 1.45 bits per heavy atom. The number of alkyl halides is 3. The van der Waals surface area contributed by atoms with Crippen molar-refractivity contribution in [2.75, 3.05) is 0 Å². The molecule has 0 aliphatic heterocycles. The summed E-state index contributed by atoms with van der Waals surface area (Å²) in [5.74, 6) is -9.28. The minimum atomic E-state index is -5.32. The van der Waals surface area contributed by atoms with Gasteiger partial charge >= 0.3 is 6.36 Å². The highest BCUT2D eigenvalue weighted by Gasteiger charge is 2.35. The Morgan fingerprint density at radius 1 is 0.825 bits per heavy atom. The van der Waals surface area contributed by atoms with Gasteiger partial charge in [-0.1, -0.05) is 44.4 Å². The molecule has 2 nitrogen and oxygen atoms in total. The number of unbranched alkanes of at least 4 members (excludes halogenated alkanes) is 1. The number of halogens is 8. The van der Waals surface area contributed by atoms with Crippen LogP contribution in [0.1, 0.15) is 68.9 Å². The van der Waals surface area contributed by atoms with Gasteiger partial charge in [-0.05, 0) is 68.2 Å². The molecule has 0 radical (unpaired) electrons. The Balaban J connectivity index is 1.73. The second-order valence-electron chi connectivity index (χ2n) is 10.1. The highest BCUT2D eigenvalue weighted by atomic mass is 19.4. The van der Waals surface area contributed by atoms with Crippen LogP contribution in [0.25, 0.3) is 11.1 Å². The van der Waals surface area contributed by atoms with Crippen LogP contribution in [0.2, 0.25) is 0 Å². The Kier molecular flexibility index (Phi) is 8.95. The van der Waals surface area contributed by atoms with E-state index in [1.54, 1.807) is 0 Å². The van der Waals surface area contributed by atoms with E-state index in [1.165, 1.54) is 24.3 Å². The maximum atomic E-state index is 15.5. The first-order valence-electron chi connectivity index (χ1n) is 13.1. The van der Waals surface area contributed by atoms with Crippen LogP contribution in [-0.2, 0) is 0 Å². The van der Waals surface area contributed by atoms with Gasteiger partial charge in [0.1, 0.15) is 5.75 Å². The highest BCUT2D eigenvalue weighted by molar-refractivity contribution is 5.72. The summed E-state index contributed by atoms with van der Waals surface area (Å²) < 4.78 is 121. The zero-order valence-electron chi connectivity index (χ0n) is 21.9. The second-order valence-corrected chi connectivity index (χ2v) is 10.1. The Labute approximate surface area is 226 Å². The minimum Gasteiger partial charge on any atom is -0.453 e. The standard InChI is InChI=1S/C30H28F8O2/c1-3-4-7-17-10-12-18(13-11-17)24-27(35)25(33)16(2)26(34)29(24)39-23-9-6-5-8-20(23)19-14-21(31)28(22(32)15-19)40-30(36,37)38/h5-6,8-9,14-15,17-18H,3-4,7,10-13H2,1-2H3. The first-order chi connectivity index (χ1) is 18.9. The van der Waals surface area contributed by atoms with Crippen LogP contribution in [0.15, 0.2) is 36.4 Å². The van der Waals surface area contributed by atoms with Crippen LogP contribution in [0.3, 0.4) is 0 Å². The predicted molar refractivity (Wildman–Crippen MR) is 134 cm³/mol. The predicted octanol–water partition coefficient (Wildman–Crippen LogP) is 10.5. The van der Waals surface area contributed by atoms with E-state index in [-0.39, 0.29) is 22.4 Å². The number of hydrogen-bond acceptors (Lipinski definition) is 2. The third-order valence-electron chi connectivity index (χ3n) is 7.38. The molecule has 3 aromatic carbocycles. The van der Waals surface area contributed by atoms with E-state index in [0.717, 1.165) is 39.0 Å². The van der Waals surface area contributed by atoms with Gasteiger partial charge in [0.25, 0.3) is 0 Å². The third-order valence-corrected chi connectivity index (χ3v) is 7.38. The van der Waals surface area contributed by atoms with E-state index in [1.807, 2.05) is 0 Å². The van der Waals surface area contributed by atoms with Crippen LogP contribution in [0.5, 0.6) is 17.2 Å². The first kappa shape index (κ1) is 29.7. The monoisotopic (exact) mass is 572 g/mol. The number of hydrogen-bond donors (Lipinski definition) is 0. The van der Waals surface area contributed by atoms with Crippen molar-refractivity contribution in [3.63, 3.8) is 0 Å². The highest BCUT2D eigenvalue weighted by Crippen LogP contribution is 2.47. The van der Waals surface area contributed by atoms with Gasteiger partial charge in [-0.25, -0.2) is 22.0 Å². The fourth-order valence-electron chi connectivity index (χ4n) is 5.30. The molecule has 0 bridgehead atoms. The summed E-state index contributed by atoms with van der Waals surface area (Å²) >= 11 is 0. The fourth-order valence-corrected chi connectivity index (χ4v) is 5.30. The molecule has 0 heterocycles. The maximum absolute atomic E-state index is 15.5. The Bertz CT molecular complexity index is 1340. The third kappa shape index (κ3) is 6.36. The Morgan fingerprint density at radius 3 is 2.05 bits per heavy atom. The molecule has 0 spiro atoms. The van der Waals surface area contributed by atoms with Gasteiger partial charge < -0.3 is 9.47 Å².